The number of carboxylic acids is 1. The molecule has 21 heavy (non-hydrogen) atoms. The Kier molecular flexibility index (Phi) is 4.81. The number of hydrogen-bond acceptors (Lipinski definition) is 2. The molecule has 0 bridgehead atoms. The second-order valence-corrected chi connectivity index (χ2v) is 6.47. The number of aliphatic carboxylic acids is 1. The largest absolute Gasteiger partial charge is 0.481 e. The van der Waals surface area contributed by atoms with Crippen LogP contribution in [0.1, 0.15) is 55.2 Å². The molecule has 1 aromatic rings. The lowest BCUT2D eigenvalue weighted by atomic mass is 9.70. The van der Waals surface area contributed by atoms with Gasteiger partial charge in [-0.1, -0.05) is 43.0 Å². The normalized spacial score (nSPS) is 17.4. The molecule has 2 rings (SSSR count). The number of ketones is 1. The fourth-order valence-corrected chi connectivity index (χ4v) is 3.39. The van der Waals surface area contributed by atoms with Crippen molar-refractivity contribution in [2.75, 3.05) is 0 Å². The van der Waals surface area contributed by atoms with Crippen molar-refractivity contribution in [3.8, 4) is 0 Å². The molecule has 1 aliphatic rings. The average Bonchev–Trinajstić information content (AvgIpc) is 2.43. The van der Waals surface area contributed by atoms with Gasteiger partial charge in [-0.2, -0.15) is 0 Å². The zero-order chi connectivity index (χ0) is 15.5. The molecule has 0 aliphatic heterocycles. The molecule has 0 unspecified atom stereocenters. The van der Waals surface area contributed by atoms with E-state index in [0.29, 0.717) is 19.3 Å². The summed E-state index contributed by atoms with van der Waals surface area (Å²) in [6, 6.07) is 6.05. The second kappa shape index (κ2) is 6.42. The molecule has 1 aromatic carbocycles. The van der Waals surface area contributed by atoms with Crippen molar-refractivity contribution >= 4 is 11.8 Å². The summed E-state index contributed by atoms with van der Waals surface area (Å²) in [4.78, 5) is 24.0. The van der Waals surface area contributed by atoms with E-state index in [-0.39, 0.29) is 12.2 Å². The van der Waals surface area contributed by atoms with Crippen LogP contribution in [-0.4, -0.2) is 16.9 Å². The molecular formula is C18H24O3. The van der Waals surface area contributed by atoms with Crippen LogP contribution >= 0.6 is 0 Å². The van der Waals surface area contributed by atoms with Crippen LogP contribution in [0.2, 0.25) is 0 Å². The molecule has 3 heteroatoms. The second-order valence-electron chi connectivity index (χ2n) is 6.47. The van der Waals surface area contributed by atoms with Gasteiger partial charge in [0.05, 0.1) is 5.41 Å². The average molecular weight is 288 g/mol. The fourth-order valence-electron chi connectivity index (χ4n) is 3.39. The molecule has 0 saturated heterocycles. The Bertz CT molecular complexity index is 539. The van der Waals surface area contributed by atoms with Gasteiger partial charge < -0.3 is 5.11 Å². The number of carbonyl (C=O) groups excluding carboxylic acids is 1. The maximum atomic E-state index is 12.4. The van der Waals surface area contributed by atoms with Gasteiger partial charge in [-0.05, 0) is 37.8 Å². The molecule has 114 valence electrons. The summed E-state index contributed by atoms with van der Waals surface area (Å²) in [5.41, 5.74) is 2.49. The van der Waals surface area contributed by atoms with Crippen LogP contribution in [0.5, 0.6) is 0 Å². The summed E-state index contributed by atoms with van der Waals surface area (Å²) >= 11 is 0. The van der Waals surface area contributed by atoms with Crippen molar-refractivity contribution in [2.24, 2.45) is 5.41 Å². The molecule has 0 heterocycles. The zero-order valence-corrected chi connectivity index (χ0v) is 12.9. The number of carboxylic acid groups (broad SMARTS) is 1. The van der Waals surface area contributed by atoms with E-state index in [1.165, 1.54) is 5.56 Å². The predicted molar refractivity (Wildman–Crippen MR) is 82.4 cm³/mol. The zero-order valence-electron chi connectivity index (χ0n) is 12.9. The topological polar surface area (TPSA) is 54.4 Å². The van der Waals surface area contributed by atoms with E-state index in [1.54, 1.807) is 0 Å². The van der Waals surface area contributed by atoms with Gasteiger partial charge in [0.2, 0.25) is 0 Å². The van der Waals surface area contributed by atoms with Gasteiger partial charge in [0, 0.05) is 12.8 Å². The van der Waals surface area contributed by atoms with Crippen LogP contribution in [0.25, 0.3) is 0 Å². The summed E-state index contributed by atoms with van der Waals surface area (Å²) in [6.07, 6.45) is 4.73. The van der Waals surface area contributed by atoms with Crippen LogP contribution in [0.15, 0.2) is 18.2 Å². The number of rotatable bonds is 5. The van der Waals surface area contributed by atoms with Gasteiger partial charge in [0.15, 0.2) is 0 Å². The minimum absolute atomic E-state index is 0.0475. The maximum Gasteiger partial charge on any atom is 0.310 e. The number of hydrogen-bond donors (Lipinski definition) is 1. The highest BCUT2D eigenvalue weighted by atomic mass is 16.4. The van der Waals surface area contributed by atoms with Gasteiger partial charge >= 0.3 is 5.97 Å². The first-order valence-electron chi connectivity index (χ1n) is 7.74. The van der Waals surface area contributed by atoms with E-state index in [4.69, 9.17) is 0 Å². The molecule has 1 fully saturated rings. The van der Waals surface area contributed by atoms with Crippen molar-refractivity contribution in [3.05, 3.63) is 34.9 Å². The molecule has 1 saturated carbocycles. The summed E-state index contributed by atoms with van der Waals surface area (Å²) in [7, 11) is 0. The molecule has 0 aromatic heterocycles. The third-order valence-electron chi connectivity index (χ3n) is 4.69. The lowest BCUT2D eigenvalue weighted by Crippen LogP contribution is -2.36. The maximum absolute atomic E-state index is 12.4. The molecule has 0 spiro atoms. The summed E-state index contributed by atoms with van der Waals surface area (Å²) in [5.74, 6) is -0.748. The molecule has 1 N–H and O–H groups in total. The van der Waals surface area contributed by atoms with Crippen LogP contribution in [0, 0.1) is 19.3 Å². The predicted octanol–water partition coefficient (Wildman–Crippen LogP) is 3.84. The van der Waals surface area contributed by atoms with Crippen LogP contribution in [0.3, 0.4) is 0 Å². The molecule has 3 nitrogen and oxygen atoms in total. The Morgan fingerprint density at radius 1 is 1.14 bits per heavy atom. The highest BCUT2D eigenvalue weighted by Crippen LogP contribution is 2.40. The van der Waals surface area contributed by atoms with Gasteiger partial charge in [0.25, 0.3) is 0 Å². The monoisotopic (exact) mass is 288 g/mol. The van der Waals surface area contributed by atoms with Crippen molar-refractivity contribution in [3.63, 3.8) is 0 Å². The van der Waals surface area contributed by atoms with Crippen LogP contribution in [-0.2, 0) is 16.0 Å². The quantitative estimate of drug-likeness (QED) is 0.895. The van der Waals surface area contributed by atoms with Gasteiger partial charge in [-0.3, -0.25) is 9.59 Å². The van der Waals surface area contributed by atoms with E-state index in [2.05, 4.69) is 6.07 Å². The Balaban J connectivity index is 2.07. The standard InChI is InChI=1S/C18H24O3/c1-13-6-7-15(14(2)10-13)11-16(19)12-18(17(20)21)8-4-3-5-9-18/h6-7,10H,3-5,8-9,11-12H2,1-2H3,(H,20,21). The smallest absolute Gasteiger partial charge is 0.310 e. The minimum Gasteiger partial charge on any atom is -0.481 e. The number of benzene rings is 1. The molecule has 0 atom stereocenters. The highest BCUT2D eigenvalue weighted by molar-refractivity contribution is 5.87. The van der Waals surface area contributed by atoms with Crippen molar-refractivity contribution in [1.82, 2.24) is 0 Å². The Morgan fingerprint density at radius 2 is 1.81 bits per heavy atom. The molecule has 0 amide bonds. The Labute approximate surface area is 126 Å². The first-order valence-corrected chi connectivity index (χ1v) is 7.74. The third-order valence-corrected chi connectivity index (χ3v) is 4.69. The van der Waals surface area contributed by atoms with Gasteiger partial charge in [-0.15, -0.1) is 0 Å². The van der Waals surface area contributed by atoms with Crippen LogP contribution < -0.4 is 0 Å². The molecule has 0 radical (unpaired) electrons. The van der Waals surface area contributed by atoms with Crippen molar-refractivity contribution < 1.29 is 14.7 Å². The van der Waals surface area contributed by atoms with Crippen molar-refractivity contribution in [2.45, 2.75) is 58.8 Å². The summed E-state index contributed by atoms with van der Waals surface area (Å²) in [5, 5.41) is 9.54. The van der Waals surface area contributed by atoms with Crippen molar-refractivity contribution in [1.29, 1.82) is 0 Å². The summed E-state index contributed by atoms with van der Waals surface area (Å²) < 4.78 is 0. The minimum atomic E-state index is -0.812. The molecule has 1 aliphatic carbocycles. The first kappa shape index (κ1) is 15.7. The first-order chi connectivity index (χ1) is 9.93. The fraction of sp³-hybridized carbons (Fsp3) is 0.556. The van der Waals surface area contributed by atoms with E-state index in [0.717, 1.165) is 30.4 Å². The Morgan fingerprint density at radius 3 is 2.38 bits per heavy atom. The molecular weight excluding hydrogens is 264 g/mol. The highest BCUT2D eigenvalue weighted by Gasteiger charge is 2.41. The summed E-state index contributed by atoms with van der Waals surface area (Å²) in [6.45, 7) is 4.03. The third kappa shape index (κ3) is 3.72. The lowest BCUT2D eigenvalue weighted by Gasteiger charge is -2.32. The van der Waals surface area contributed by atoms with Crippen LogP contribution in [0.4, 0.5) is 0 Å². The van der Waals surface area contributed by atoms with Gasteiger partial charge in [0.1, 0.15) is 5.78 Å². The number of aryl methyl sites for hydroxylation is 2. The van der Waals surface area contributed by atoms with E-state index < -0.39 is 11.4 Å². The number of Topliss-reactive ketones (excluding diaryl/α,β-unsaturated/α-hetero) is 1. The van der Waals surface area contributed by atoms with E-state index in [1.807, 2.05) is 26.0 Å². The van der Waals surface area contributed by atoms with E-state index in [9.17, 15) is 14.7 Å². The SMILES string of the molecule is Cc1ccc(CC(=O)CC2(C(=O)O)CCCCC2)c(C)c1. The Hall–Kier alpha value is -1.64. The lowest BCUT2D eigenvalue weighted by molar-refractivity contribution is -0.153. The van der Waals surface area contributed by atoms with Gasteiger partial charge in [-0.25, -0.2) is 0 Å². The number of carbonyl (C=O) groups is 2. The van der Waals surface area contributed by atoms with E-state index >= 15 is 0 Å².